The van der Waals surface area contributed by atoms with Gasteiger partial charge in [0, 0.05) is 12.8 Å². The number of ether oxygens (including phenoxy) is 1. The highest BCUT2D eigenvalue weighted by Crippen LogP contribution is 2.39. The molecule has 0 N–H and O–H groups in total. The van der Waals surface area contributed by atoms with Crippen molar-refractivity contribution in [3.05, 3.63) is 35.9 Å². The van der Waals surface area contributed by atoms with E-state index in [2.05, 4.69) is 0 Å². The third-order valence-corrected chi connectivity index (χ3v) is 3.56. The summed E-state index contributed by atoms with van der Waals surface area (Å²) in [5.41, 5.74) is 0.337. The third kappa shape index (κ3) is 2.09. The van der Waals surface area contributed by atoms with Gasteiger partial charge in [0.2, 0.25) is 0 Å². The Morgan fingerprint density at radius 1 is 1.18 bits per heavy atom. The molecule has 0 spiro atoms. The van der Waals surface area contributed by atoms with Crippen molar-refractivity contribution < 1.29 is 14.3 Å². The first kappa shape index (κ1) is 11.8. The fourth-order valence-corrected chi connectivity index (χ4v) is 2.52. The van der Waals surface area contributed by atoms with Gasteiger partial charge in [-0.05, 0) is 18.4 Å². The van der Waals surface area contributed by atoms with E-state index < -0.39 is 5.41 Å². The Morgan fingerprint density at radius 3 is 2.29 bits per heavy atom. The van der Waals surface area contributed by atoms with Crippen LogP contribution in [-0.4, -0.2) is 18.9 Å². The highest BCUT2D eigenvalue weighted by Gasteiger charge is 2.43. The van der Waals surface area contributed by atoms with Crippen LogP contribution in [0.2, 0.25) is 0 Å². The van der Waals surface area contributed by atoms with Crippen molar-refractivity contribution in [1.29, 1.82) is 0 Å². The summed E-state index contributed by atoms with van der Waals surface area (Å²) in [7, 11) is 1.41. The molecule has 1 aromatic carbocycles. The SMILES string of the molecule is COC(=O)C1(c2ccccc2)CCC(=O)CC1. The molecule has 0 radical (unpaired) electrons. The second kappa shape index (κ2) is 4.70. The Kier molecular flexibility index (Phi) is 3.27. The number of ketones is 1. The molecule has 3 nitrogen and oxygen atoms in total. The van der Waals surface area contributed by atoms with Gasteiger partial charge < -0.3 is 4.74 Å². The van der Waals surface area contributed by atoms with Gasteiger partial charge in [-0.15, -0.1) is 0 Å². The quantitative estimate of drug-likeness (QED) is 0.734. The number of benzene rings is 1. The average Bonchev–Trinajstić information content (AvgIpc) is 2.40. The van der Waals surface area contributed by atoms with Gasteiger partial charge in [-0.2, -0.15) is 0 Å². The van der Waals surface area contributed by atoms with E-state index in [1.807, 2.05) is 30.3 Å². The van der Waals surface area contributed by atoms with Gasteiger partial charge in [0.1, 0.15) is 5.78 Å². The molecular formula is C14H16O3. The second-order valence-corrected chi connectivity index (χ2v) is 4.48. The van der Waals surface area contributed by atoms with Crippen molar-refractivity contribution in [3.8, 4) is 0 Å². The second-order valence-electron chi connectivity index (χ2n) is 4.48. The Morgan fingerprint density at radius 2 is 1.76 bits per heavy atom. The van der Waals surface area contributed by atoms with Crippen molar-refractivity contribution in [2.24, 2.45) is 0 Å². The maximum absolute atomic E-state index is 12.1. The first-order valence-electron chi connectivity index (χ1n) is 5.85. The topological polar surface area (TPSA) is 43.4 Å². The Bertz CT molecular complexity index is 412. The van der Waals surface area contributed by atoms with Gasteiger partial charge >= 0.3 is 5.97 Å². The molecule has 1 saturated carbocycles. The van der Waals surface area contributed by atoms with Gasteiger partial charge in [-0.3, -0.25) is 9.59 Å². The van der Waals surface area contributed by atoms with Crippen LogP contribution in [0.3, 0.4) is 0 Å². The number of methoxy groups -OCH3 is 1. The van der Waals surface area contributed by atoms with E-state index in [0.717, 1.165) is 5.56 Å². The average molecular weight is 232 g/mol. The van der Waals surface area contributed by atoms with E-state index in [1.165, 1.54) is 7.11 Å². The van der Waals surface area contributed by atoms with Crippen molar-refractivity contribution in [1.82, 2.24) is 0 Å². The van der Waals surface area contributed by atoms with E-state index >= 15 is 0 Å². The van der Waals surface area contributed by atoms with Crippen molar-refractivity contribution in [2.75, 3.05) is 7.11 Å². The van der Waals surface area contributed by atoms with Crippen molar-refractivity contribution >= 4 is 11.8 Å². The first-order chi connectivity index (χ1) is 8.19. The van der Waals surface area contributed by atoms with Crippen LogP contribution < -0.4 is 0 Å². The van der Waals surface area contributed by atoms with Crippen LogP contribution in [0.1, 0.15) is 31.2 Å². The minimum absolute atomic E-state index is 0.226. The monoisotopic (exact) mass is 232 g/mol. The summed E-state index contributed by atoms with van der Waals surface area (Å²) in [6.45, 7) is 0. The van der Waals surface area contributed by atoms with Crippen LogP contribution in [0.15, 0.2) is 30.3 Å². The van der Waals surface area contributed by atoms with Crippen LogP contribution in [0.25, 0.3) is 0 Å². The lowest BCUT2D eigenvalue weighted by atomic mass is 9.69. The standard InChI is InChI=1S/C14H16O3/c1-17-13(16)14(9-7-12(15)8-10-14)11-5-3-2-4-6-11/h2-6H,7-10H2,1H3. The van der Waals surface area contributed by atoms with Gasteiger partial charge in [-0.25, -0.2) is 0 Å². The minimum atomic E-state index is -0.621. The fourth-order valence-electron chi connectivity index (χ4n) is 2.52. The number of hydrogen-bond donors (Lipinski definition) is 0. The molecule has 1 aliphatic carbocycles. The molecule has 0 heterocycles. The Labute approximate surface area is 101 Å². The lowest BCUT2D eigenvalue weighted by molar-refractivity contribution is -0.149. The molecule has 90 valence electrons. The molecule has 0 aliphatic heterocycles. The molecular weight excluding hydrogens is 216 g/mol. The number of Topliss-reactive ketones (excluding diaryl/α,β-unsaturated/α-hetero) is 1. The number of carbonyl (C=O) groups excluding carboxylic acids is 2. The van der Waals surface area contributed by atoms with E-state index in [1.54, 1.807) is 0 Å². The van der Waals surface area contributed by atoms with Crippen LogP contribution in [0.4, 0.5) is 0 Å². The van der Waals surface area contributed by atoms with Crippen LogP contribution >= 0.6 is 0 Å². The molecule has 1 aliphatic rings. The zero-order valence-electron chi connectivity index (χ0n) is 9.94. The normalized spacial score (nSPS) is 18.8. The Balaban J connectivity index is 2.38. The van der Waals surface area contributed by atoms with E-state index in [9.17, 15) is 9.59 Å². The van der Waals surface area contributed by atoms with E-state index in [4.69, 9.17) is 4.74 Å². The molecule has 0 aromatic heterocycles. The molecule has 0 amide bonds. The Hall–Kier alpha value is -1.64. The fraction of sp³-hybridized carbons (Fsp3) is 0.429. The molecule has 1 aromatic rings. The number of hydrogen-bond acceptors (Lipinski definition) is 3. The summed E-state index contributed by atoms with van der Waals surface area (Å²) >= 11 is 0. The van der Waals surface area contributed by atoms with Gasteiger partial charge in [-0.1, -0.05) is 30.3 Å². The molecule has 1 fully saturated rings. The van der Waals surface area contributed by atoms with Gasteiger partial charge in [0.15, 0.2) is 0 Å². The zero-order chi connectivity index (χ0) is 12.3. The number of rotatable bonds is 2. The molecule has 17 heavy (non-hydrogen) atoms. The smallest absolute Gasteiger partial charge is 0.316 e. The predicted octanol–water partition coefficient (Wildman–Crippen LogP) is 2.24. The molecule has 0 bridgehead atoms. The molecule has 0 atom stereocenters. The minimum Gasteiger partial charge on any atom is -0.468 e. The van der Waals surface area contributed by atoms with Crippen LogP contribution in [0.5, 0.6) is 0 Å². The number of esters is 1. The van der Waals surface area contributed by atoms with E-state index in [0.29, 0.717) is 25.7 Å². The molecule has 0 saturated heterocycles. The zero-order valence-corrected chi connectivity index (χ0v) is 9.94. The van der Waals surface area contributed by atoms with Crippen molar-refractivity contribution in [2.45, 2.75) is 31.1 Å². The summed E-state index contributed by atoms with van der Waals surface area (Å²) in [6, 6.07) is 9.62. The van der Waals surface area contributed by atoms with Crippen LogP contribution in [-0.2, 0) is 19.7 Å². The van der Waals surface area contributed by atoms with Gasteiger partial charge in [0.25, 0.3) is 0 Å². The summed E-state index contributed by atoms with van der Waals surface area (Å²) in [4.78, 5) is 23.4. The maximum Gasteiger partial charge on any atom is 0.316 e. The summed E-state index contributed by atoms with van der Waals surface area (Å²) in [5.74, 6) is 0.0108. The predicted molar refractivity (Wildman–Crippen MR) is 63.6 cm³/mol. The number of carbonyl (C=O) groups is 2. The van der Waals surface area contributed by atoms with Crippen LogP contribution in [0, 0.1) is 0 Å². The molecule has 2 rings (SSSR count). The molecule has 0 unspecified atom stereocenters. The highest BCUT2D eigenvalue weighted by atomic mass is 16.5. The maximum atomic E-state index is 12.1. The van der Waals surface area contributed by atoms with Crippen molar-refractivity contribution in [3.63, 3.8) is 0 Å². The largest absolute Gasteiger partial charge is 0.468 e. The summed E-state index contributed by atoms with van der Waals surface area (Å²) in [5, 5.41) is 0. The first-order valence-corrected chi connectivity index (χ1v) is 5.85. The summed E-state index contributed by atoms with van der Waals surface area (Å²) < 4.78 is 4.93. The highest BCUT2D eigenvalue weighted by molar-refractivity contribution is 5.88. The van der Waals surface area contributed by atoms with Gasteiger partial charge in [0.05, 0.1) is 12.5 Å². The summed E-state index contributed by atoms with van der Waals surface area (Å²) in [6.07, 6.45) is 2.04. The molecule has 3 heteroatoms. The lowest BCUT2D eigenvalue weighted by Crippen LogP contribution is -2.40. The lowest BCUT2D eigenvalue weighted by Gasteiger charge is -2.34. The van der Waals surface area contributed by atoms with E-state index in [-0.39, 0.29) is 11.8 Å². The third-order valence-electron chi connectivity index (χ3n) is 3.56.